The predicted octanol–water partition coefficient (Wildman–Crippen LogP) is 4.95. The number of non-ortho nitro benzene ring substituents is 2. The van der Waals surface area contributed by atoms with Crippen molar-refractivity contribution in [3.05, 3.63) is 106 Å². The van der Waals surface area contributed by atoms with Gasteiger partial charge >= 0.3 is 0 Å². The number of nitro benzene ring substituents is 4. The molecule has 0 fully saturated rings. The Morgan fingerprint density at radius 3 is 1.43 bits per heavy atom. The first-order valence-corrected chi connectivity index (χ1v) is 9.93. The van der Waals surface area contributed by atoms with Gasteiger partial charge in [0.2, 0.25) is 0 Å². The zero-order valence-corrected chi connectivity index (χ0v) is 18.2. The van der Waals surface area contributed by atoms with Crippen LogP contribution in [0.25, 0.3) is 22.8 Å². The van der Waals surface area contributed by atoms with Gasteiger partial charge in [0.1, 0.15) is 0 Å². The van der Waals surface area contributed by atoms with Crippen LogP contribution in [-0.4, -0.2) is 33.8 Å². The van der Waals surface area contributed by atoms with Gasteiger partial charge in [0.25, 0.3) is 22.7 Å². The van der Waals surface area contributed by atoms with E-state index in [9.17, 15) is 40.5 Å². The zero-order chi connectivity index (χ0) is 25.6. The van der Waals surface area contributed by atoms with E-state index in [2.05, 4.69) is 0 Å². The lowest BCUT2D eigenvalue weighted by Gasteiger charge is -2.12. The average Bonchev–Trinajstić information content (AvgIpc) is 3.11. The quantitative estimate of drug-likeness (QED) is 0.274. The maximum absolute atomic E-state index is 11.8. The van der Waals surface area contributed by atoms with Gasteiger partial charge in [-0.3, -0.25) is 40.5 Å². The van der Waals surface area contributed by atoms with Crippen LogP contribution in [0.15, 0.2) is 48.5 Å². The third-order valence-corrected chi connectivity index (χ3v) is 5.57. The summed E-state index contributed by atoms with van der Waals surface area (Å²) >= 11 is 0. The fraction of sp³-hybridized carbons (Fsp3) is 0.0909. The summed E-state index contributed by atoms with van der Waals surface area (Å²) in [6.07, 6.45) is 1.53. The molecule has 0 radical (unpaired) electrons. The molecule has 4 rings (SSSR count). The summed E-state index contributed by atoms with van der Waals surface area (Å²) in [4.78, 5) is 45.2. The number of benzene rings is 3. The molecule has 35 heavy (non-hydrogen) atoms. The highest BCUT2D eigenvalue weighted by Crippen LogP contribution is 2.54. The highest BCUT2D eigenvalue weighted by molar-refractivity contribution is 6.12. The molecular formula is C22H15N5O8. The first kappa shape index (κ1) is 23.0. The first-order chi connectivity index (χ1) is 16.5. The fourth-order valence-electron chi connectivity index (χ4n) is 4.01. The van der Waals surface area contributed by atoms with Crippen molar-refractivity contribution in [3.8, 4) is 11.1 Å². The van der Waals surface area contributed by atoms with Crippen LogP contribution in [0.5, 0.6) is 0 Å². The van der Waals surface area contributed by atoms with Crippen LogP contribution in [0, 0.1) is 40.5 Å². The van der Waals surface area contributed by atoms with Crippen LogP contribution < -0.4 is 4.90 Å². The van der Waals surface area contributed by atoms with Crippen molar-refractivity contribution in [3.63, 3.8) is 0 Å². The minimum Gasteiger partial charge on any atom is -0.378 e. The summed E-state index contributed by atoms with van der Waals surface area (Å²) in [5.74, 6) is 0. The van der Waals surface area contributed by atoms with Crippen molar-refractivity contribution in [1.82, 2.24) is 0 Å². The van der Waals surface area contributed by atoms with Crippen molar-refractivity contribution in [2.24, 2.45) is 0 Å². The van der Waals surface area contributed by atoms with Crippen molar-refractivity contribution >= 4 is 40.1 Å². The molecular weight excluding hydrogens is 462 g/mol. The van der Waals surface area contributed by atoms with Crippen molar-refractivity contribution in [1.29, 1.82) is 0 Å². The summed E-state index contributed by atoms with van der Waals surface area (Å²) in [7, 11) is 3.68. The lowest BCUT2D eigenvalue weighted by molar-refractivity contribution is -0.395. The molecule has 13 heteroatoms. The van der Waals surface area contributed by atoms with Crippen molar-refractivity contribution in [2.45, 2.75) is 0 Å². The number of fused-ring (bicyclic) bond motifs is 3. The largest absolute Gasteiger partial charge is 0.378 e. The van der Waals surface area contributed by atoms with Gasteiger partial charge in [0.15, 0.2) is 0 Å². The van der Waals surface area contributed by atoms with E-state index in [-0.39, 0.29) is 27.8 Å². The first-order valence-electron chi connectivity index (χ1n) is 9.93. The SMILES string of the molecule is CN(C)c1ccc(C=C2c3cc([N+](=O)[O-])cc([N+](=O)[O-])c3-c3c2cc([N+](=O)[O-])cc3[N+](=O)[O-])cc1. The van der Waals surface area contributed by atoms with E-state index in [1.807, 2.05) is 19.0 Å². The van der Waals surface area contributed by atoms with Crippen LogP contribution >= 0.6 is 0 Å². The van der Waals surface area contributed by atoms with E-state index in [1.165, 1.54) is 6.08 Å². The molecule has 0 saturated heterocycles. The number of hydrogen-bond acceptors (Lipinski definition) is 9. The molecule has 0 N–H and O–H groups in total. The molecule has 0 spiro atoms. The number of nitrogens with zero attached hydrogens (tertiary/aromatic N) is 5. The van der Waals surface area contributed by atoms with Crippen LogP contribution in [0.3, 0.4) is 0 Å². The molecule has 3 aromatic carbocycles. The molecule has 0 aliphatic heterocycles. The normalized spacial score (nSPS) is 11.4. The summed E-state index contributed by atoms with van der Waals surface area (Å²) in [6, 6.07) is 10.6. The smallest absolute Gasteiger partial charge is 0.284 e. The van der Waals surface area contributed by atoms with E-state index < -0.39 is 42.4 Å². The van der Waals surface area contributed by atoms with E-state index in [4.69, 9.17) is 0 Å². The van der Waals surface area contributed by atoms with Gasteiger partial charge in [-0.15, -0.1) is 0 Å². The predicted molar refractivity (Wildman–Crippen MR) is 126 cm³/mol. The van der Waals surface area contributed by atoms with Crippen LogP contribution in [0.2, 0.25) is 0 Å². The standard InChI is InChI=1S/C22H15N5O8/c1-23(2)13-5-3-12(4-6-13)7-16-17-8-14(24(28)29)10-19(26(32)33)21(17)22-18(16)9-15(25(30)31)11-20(22)27(34)35/h3-11H,1-2H3. The summed E-state index contributed by atoms with van der Waals surface area (Å²) in [5, 5.41) is 46.7. The highest BCUT2D eigenvalue weighted by Gasteiger charge is 2.40. The van der Waals surface area contributed by atoms with Crippen molar-refractivity contribution in [2.75, 3.05) is 19.0 Å². The maximum Gasteiger partial charge on any atom is 0.284 e. The second kappa shape index (κ2) is 8.30. The monoisotopic (exact) mass is 477 g/mol. The van der Waals surface area contributed by atoms with E-state index in [1.54, 1.807) is 24.3 Å². The molecule has 0 aromatic heterocycles. The summed E-state index contributed by atoms with van der Waals surface area (Å²) in [5.41, 5.74) is -1.39. The summed E-state index contributed by atoms with van der Waals surface area (Å²) in [6.45, 7) is 0. The minimum atomic E-state index is -0.866. The number of hydrogen-bond donors (Lipinski definition) is 0. The molecule has 0 atom stereocenters. The second-order valence-corrected chi connectivity index (χ2v) is 7.85. The van der Waals surface area contributed by atoms with Gasteiger partial charge in [-0.25, -0.2) is 0 Å². The molecule has 0 bridgehead atoms. The Labute approximate surface area is 196 Å². The van der Waals surface area contributed by atoms with E-state index >= 15 is 0 Å². The van der Waals surface area contributed by atoms with Gasteiger partial charge in [0, 0.05) is 43.0 Å². The fourth-order valence-corrected chi connectivity index (χ4v) is 4.01. The molecule has 13 nitrogen and oxygen atoms in total. The maximum atomic E-state index is 11.8. The van der Waals surface area contributed by atoms with Gasteiger partial charge in [-0.05, 0) is 29.3 Å². The molecule has 0 amide bonds. The highest BCUT2D eigenvalue weighted by atomic mass is 16.6. The second-order valence-electron chi connectivity index (χ2n) is 7.85. The molecule has 0 heterocycles. The Hall–Kier alpha value is -5.20. The Kier molecular flexibility index (Phi) is 5.45. The zero-order valence-electron chi connectivity index (χ0n) is 18.2. The van der Waals surface area contributed by atoms with Gasteiger partial charge in [0.05, 0.1) is 43.0 Å². The van der Waals surface area contributed by atoms with Crippen LogP contribution in [-0.2, 0) is 0 Å². The average molecular weight is 477 g/mol. The van der Waals surface area contributed by atoms with Gasteiger partial charge in [-0.1, -0.05) is 12.1 Å². The molecule has 1 aliphatic rings. The van der Waals surface area contributed by atoms with Crippen LogP contribution in [0.4, 0.5) is 28.4 Å². The van der Waals surface area contributed by atoms with Crippen LogP contribution in [0.1, 0.15) is 16.7 Å². The molecule has 1 aliphatic carbocycles. The molecule has 0 saturated carbocycles. The topological polar surface area (TPSA) is 176 Å². The molecule has 176 valence electrons. The lowest BCUT2D eigenvalue weighted by atomic mass is 9.99. The number of anilines is 1. The Morgan fingerprint density at radius 1 is 0.657 bits per heavy atom. The van der Waals surface area contributed by atoms with E-state index in [0.717, 1.165) is 30.0 Å². The Bertz CT molecular complexity index is 1390. The third kappa shape index (κ3) is 3.90. The number of nitro groups is 4. The van der Waals surface area contributed by atoms with Crippen molar-refractivity contribution < 1.29 is 19.7 Å². The van der Waals surface area contributed by atoms with Gasteiger partial charge < -0.3 is 4.90 Å². The Morgan fingerprint density at radius 2 is 1.09 bits per heavy atom. The van der Waals surface area contributed by atoms with Gasteiger partial charge in [-0.2, -0.15) is 0 Å². The lowest BCUT2D eigenvalue weighted by Crippen LogP contribution is -2.07. The van der Waals surface area contributed by atoms with E-state index in [0.29, 0.717) is 5.56 Å². The number of rotatable bonds is 6. The molecule has 0 unspecified atom stereocenters. The third-order valence-electron chi connectivity index (χ3n) is 5.57. The minimum absolute atomic E-state index is 0.00110. The summed E-state index contributed by atoms with van der Waals surface area (Å²) < 4.78 is 0. The molecule has 3 aromatic rings. The Balaban J connectivity index is 2.13.